The minimum absolute atomic E-state index is 0.107. The minimum atomic E-state index is -3.67. The molecule has 0 bridgehead atoms. The molecule has 0 amide bonds. The number of fused-ring (bicyclic) bond motifs is 1. The van der Waals surface area contributed by atoms with Crippen LogP contribution in [-0.2, 0) is 10.0 Å². The van der Waals surface area contributed by atoms with E-state index in [9.17, 15) is 12.8 Å². The Bertz CT molecular complexity index is 1470. The highest BCUT2D eigenvalue weighted by Gasteiger charge is 2.31. The van der Waals surface area contributed by atoms with Crippen LogP contribution < -0.4 is 5.32 Å². The summed E-state index contributed by atoms with van der Waals surface area (Å²) in [5.41, 5.74) is 2.98. The van der Waals surface area contributed by atoms with E-state index in [1.54, 1.807) is 0 Å². The zero-order valence-corrected chi connectivity index (χ0v) is 21.0. The van der Waals surface area contributed by atoms with Crippen molar-refractivity contribution in [2.75, 3.05) is 31.5 Å². The van der Waals surface area contributed by atoms with Gasteiger partial charge in [-0.15, -0.1) is 0 Å². The Morgan fingerprint density at radius 3 is 2.25 bits per heavy atom. The number of nitrogens with zero attached hydrogens (tertiary/aromatic N) is 4. The van der Waals surface area contributed by atoms with E-state index in [4.69, 9.17) is 9.97 Å². The highest BCUT2D eigenvalue weighted by atomic mass is 32.2. The van der Waals surface area contributed by atoms with Crippen molar-refractivity contribution in [3.05, 3.63) is 90.0 Å². The van der Waals surface area contributed by atoms with Gasteiger partial charge in [0.2, 0.25) is 10.0 Å². The summed E-state index contributed by atoms with van der Waals surface area (Å²) in [5, 5.41) is 4.37. The number of para-hydroxylation sites is 1. The van der Waals surface area contributed by atoms with Crippen LogP contribution in [0, 0.1) is 12.7 Å². The monoisotopic (exact) mass is 505 g/mol. The number of hydrogen-bond acceptors (Lipinski definition) is 6. The quantitative estimate of drug-likeness (QED) is 0.402. The van der Waals surface area contributed by atoms with Gasteiger partial charge < -0.3 is 5.32 Å². The fraction of sp³-hybridized carbons (Fsp3) is 0.259. The zero-order chi connectivity index (χ0) is 25.3. The Hall–Kier alpha value is -3.40. The van der Waals surface area contributed by atoms with Crippen molar-refractivity contribution in [3.63, 3.8) is 0 Å². The van der Waals surface area contributed by atoms with Crippen molar-refractivity contribution in [3.8, 4) is 0 Å². The van der Waals surface area contributed by atoms with Crippen LogP contribution >= 0.6 is 0 Å². The lowest BCUT2D eigenvalue weighted by Gasteiger charge is -2.36. The molecule has 0 saturated carbocycles. The number of nitrogens with one attached hydrogen (secondary N) is 1. The fourth-order valence-electron chi connectivity index (χ4n) is 4.40. The molecule has 4 aromatic rings. The van der Waals surface area contributed by atoms with Crippen LogP contribution in [0.5, 0.6) is 0 Å². The van der Waals surface area contributed by atoms with Crippen LogP contribution in [-0.4, -0.2) is 53.8 Å². The molecule has 1 N–H and O–H groups in total. The summed E-state index contributed by atoms with van der Waals surface area (Å²) in [5.74, 6) is 0.959. The van der Waals surface area contributed by atoms with Gasteiger partial charge in [0.15, 0.2) is 0 Å². The summed E-state index contributed by atoms with van der Waals surface area (Å²) in [6.07, 6.45) is 0. The van der Waals surface area contributed by atoms with Crippen molar-refractivity contribution in [2.24, 2.45) is 0 Å². The molecule has 1 atom stereocenters. The van der Waals surface area contributed by atoms with Crippen molar-refractivity contribution >= 4 is 32.4 Å². The second-order valence-electron chi connectivity index (χ2n) is 9.01. The number of piperazine rings is 1. The Morgan fingerprint density at radius 2 is 1.56 bits per heavy atom. The molecule has 1 aliphatic rings. The third kappa shape index (κ3) is 4.95. The maximum Gasteiger partial charge on any atom is 0.243 e. The molecule has 1 saturated heterocycles. The van der Waals surface area contributed by atoms with Crippen molar-refractivity contribution < 1.29 is 12.8 Å². The van der Waals surface area contributed by atoms with Crippen LogP contribution in [0.15, 0.2) is 77.7 Å². The molecule has 2 heterocycles. The lowest BCUT2D eigenvalue weighted by molar-refractivity contribution is 0.141. The number of rotatable bonds is 6. The second kappa shape index (κ2) is 9.93. The van der Waals surface area contributed by atoms with Crippen molar-refractivity contribution in [2.45, 2.75) is 24.8 Å². The predicted molar refractivity (Wildman–Crippen MR) is 139 cm³/mol. The van der Waals surface area contributed by atoms with Gasteiger partial charge in [-0.3, -0.25) is 4.90 Å². The van der Waals surface area contributed by atoms with Gasteiger partial charge in [-0.05, 0) is 62.4 Å². The summed E-state index contributed by atoms with van der Waals surface area (Å²) in [6.45, 7) is 5.85. The third-order valence-electron chi connectivity index (χ3n) is 6.58. The number of hydrogen-bond donors (Lipinski definition) is 1. The van der Waals surface area contributed by atoms with E-state index in [2.05, 4.69) is 22.3 Å². The summed E-state index contributed by atoms with van der Waals surface area (Å²) < 4.78 is 40.7. The van der Waals surface area contributed by atoms with Crippen molar-refractivity contribution in [1.29, 1.82) is 0 Å². The van der Waals surface area contributed by atoms with Gasteiger partial charge in [0, 0.05) is 37.3 Å². The van der Waals surface area contributed by atoms with Gasteiger partial charge >= 0.3 is 0 Å². The van der Waals surface area contributed by atoms with E-state index in [0.29, 0.717) is 32.0 Å². The first-order chi connectivity index (χ1) is 17.3. The highest BCUT2D eigenvalue weighted by molar-refractivity contribution is 7.89. The minimum Gasteiger partial charge on any atom is -0.340 e. The van der Waals surface area contributed by atoms with Crippen LogP contribution in [0.2, 0.25) is 0 Å². The summed E-state index contributed by atoms with van der Waals surface area (Å²) in [7, 11) is -3.67. The molecule has 7 nitrogen and oxygen atoms in total. The van der Waals surface area contributed by atoms with E-state index in [1.165, 1.54) is 34.1 Å². The molecular weight excluding hydrogens is 477 g/mol. The van der Waals surface area contributed by atoms with Crippen LogP contribution in [0.25, 0.3) is 10.9 Å². The SMILES string of the molecule is Cc1ccc(Nc2nc([C@H](C)N3CCN(S(=O)(=O)c4ccc(F)cc4)CC3)nc3ccccc23)cc1. The smallest absolute Gasteiger partial charge is 0.243 e. The highest BCUT2D eigenvalue weighted by Crippen LogP contribution is 2.28. The van der Waals surface area contributed by atoms with Crippen LogP contribution in [0.1, 0.15) is 24.4 Å². The normalized spacial score (nSPS) is 16.2. The molecule has 1 fully saturated rings. The number of aromatic nitrogens is 2. The largest absolute Gasteiger partial charge is 0.340 e. The molecule has 9 heteroatoms. The molecule has 36 heavy (non-hydrogen) atoms. The first kappa shape index (κ1) is 24.3. The number of anilines is 2. The molecule has 1 aromatic heterocycles. The molecule has 0 spiro atoms. The van der Waals surface area contributed by atoms with E-state index in [-0.39, 0.29) is 10.9 Å². The van der Waals surface area contributed by atoms with E-state index in [0.717, 1.165) is 22.4 Å². The average molecular weight is 506 g/mol. The first-order valence-corrected chi connectivity index (χ1v) is 13.4. The zero-order valence-electron chi connectivity index (χ0n) is 20.2. The Kier molecular flexibility index (Phi) is 6.70. The predicted octanol–water partition coefficient (Wildman–Crippen LogP) is 4.89. The molecule has 0 unspecified atom stereocenters. The summed E-state index contributed by atoms with van der Waals surface area (Å²) >= 11 is 0. The van der Waals surface area contributed by atoms with Crippen molar-refractivity contribution in [1.82, 2.24) is 19.2 Å². The van der Waals surface area contributed by atoms with Gasteiger partial charge in [0.1, 0.15) is 17.5 Å². The molecule has 0 radical (unpaired) electrons. The Balaban J connectivity index is 1.35. The number of benzene rings is 3. The Labute approximate surface area is 210 Å². The number of aryl methyl sites for hydroxylation is 1. The third-order valence-corrected chi connectivity index (χ3v) is 8.49. The van der Waals surface area contributed by atoms with E-state index in [1.807, 2.05) is 50.2 Å². The molecule has 5 rings (SSSR count). The van der Waals surface area contributed by atoms with Gasteiger partial charge in [0.05, 0.1) is 16.5 Å². The first-order valence-electron chi connectivity index (χ1n) is 11.9. The lowest BCUT2D eigenvalue weighted by atomic mass is 10.2. The molecule has 1 aliphatic heterocycles. The molecule has 0 aliphatic carbocycles. The summed E-state index contributed by atoms with van der Waals surface area (Å²) in [4.78, 5) is 12.0. The van der Waals surface area contributed by atoms with Gasteiger partial charge in [0.25, 0.3) is 0 Å². The summed E-state index contributed by atoms with van der Waals surface area (Å²) in [6, 6.07) is 20.9. The second-order valence-corrected chi connectivity index (χ2v) is 10.9. The lowest BCUT2D eigenvalue weighted by Crippen LogP contribution is -2.49. The molecule has 186 valence electrons. The van der Waals surface area contributed by atoms with Crippen LogP contribution in [0.3, 0.4) is 0 Å². The standard InChI is InChI=1S/C27H28FN5O2S/c1-19-7-11-22(12-8-19)29-27-24-5-3-4-6-25(24)30-26(31-27)20(2)32-15-17-33(18-16-32)36(34,35)23-13-9-21(28)10-14-23/h3-14,20H,15-18H2,1-2H3,(H,29,30,31)/t20-/m0/s1. The topological polar surface area (TPSA) is 78.4 Å². The van der Waals surface area contributed by atoms with E-state index >= 15 is 0 Å². The fourth-order valence-corrected chi connectivity index (χ4v) is 5.82. The van der Waals surface area contributed by atoms with E-state index < -0.39 is 15.8 Å². The molecule has 3 aromatic carbocycles. The van der Waals surface area contributed by atoms with Crippen LogP contribution in [0.4, 0.5) is 15.9 Å². The van der Waals surface area contributed by atoms with Gasteiger partial charge in [-0.25, -0.2) is 22.8 Å². The molecular formula is C27H28FN5O2S. The number of halogens is 1. The maximum atomic E-state index is 13.3. The Morgan fingerprint density at radius 1 is 0.889 bits per heavy atom. The number of sulfonamides is 1. The maximum absolute atomic E-state index is 13.3. The van der Waals surface area contributed by atoms with Gasteiger partial charge in [-0.1, -0.05) is 29.8 Å². The van der Waals surface area contributed by atoms with Gasteiger partial charge in [-0.2, -0.15) is 4.31 Å². The average Bonchev–Trinajstić information content (AvgIpc) is 2.90.